The second-order valence-corrected chi connectivity index (χ2v) is 5.45. The molecule has 108 valence electrons. The minimum Gasteiger partial charge on any atom is -0.485 e. The van der Waals surface area contributed by atoms with Crippen molar-refractivity contribution in [1.29, 1.82) is 0 Å². The van der Waals surface area contributed by atoms with Crippen molar-refractivity contribution in [3.05, 3.63) is 24.3 Å². The number of hydrogen-bond donors (Lipinski definition) is 1. The molecule has 1 aromatic rings. The highest BCUT2D eigenvalue weighted by Crippen LogP contribution is 2.35. The van der Waals surface area contributed by atoms with E-state index in [-0.39, 0.29) is 18.6 Å². The van der Waals surface area contributed by atoms with Crippen LogP contribution in [0.15, 0.2) is 24.3 Å². The smallest absolute Gasteiger partial charge is 0.267 e. The van der Waals surface area contributed by atoms with Crippen molar-refractivity contribution >= 4 is 5.91 Å². The Bertz CT molecular complexity index is 502. The molecule has 3 rings (SSSR count). The van der Waals surface area contributed by atoms with Crippen LogP contribution in [0.5, 0.6) is 11.5 Å². The van der Waals surface area contributed by atoms with Crippen molar-refractivity contribution < 1.29 is 14.3 Å². The van der Waals surface area contributed by atoms with Gasteiger partial charge in [0.05, 0.1) is 0 Å². The van der Waals surface area contributed by atoms with E-state index in [9.17, 15) is 4.79 Å². The predicted molar refractivity (Wildman–Crippen MR) is 74.7 cm³/mol. The lowest BCUT2D eigenvalue weighted by Gasteiger charge is -2.32. The maximum atomic E-state index is 12.5. The third-order valence-corrected chi connectivity index (χ3v) is 4.04. The Morgan fingerprint density at radius 2 is 2.10 bits per heavy atom. The summed E-state index contributed by atoms with van der Waals surface area (Å²) in [5.74, 6) is 1.81. The molecule has 5 nitrogen and oxygen atoms in total. The Morgan fingerprint density at radius 3 is 2.75 bits per heavy atom. The summed E-state index contributed by atoms with van der Waals surface area (Å²) >= 11 is 0. The van der Waals surface area contributed by atoms with Crippen molar-refractivity contribution in [3.63, 3.8) is 0 Å². The molecule has 1 aliphatic carbocycles. The molecule has 1 heterocycles. The van der Waals surface area contributed by atoms with Crippen molar-refractivity contribution in [2.75, 3.05) is 20.2 Å². The molecule has 2 unspecified atom stereocenters. The number of nitrogens with zero attached hydrogens (tertiary/aromatic N) is 1. The van der Waals surface area contributed by atoms with E-state index in [1.54, 1.807) is 4.90 Å². The van der Waals surface area contributed by atoms with Gasteiger partial charge in [0.1, 0.15) is 6.61 Å². The second kappa shape index (κ2) is 5.32. The Morgan fingerprint density at radius 1 is 1.40 bits per heavy atom. The van der Waals surface area contributed by atoms with Crippen molar-refractivity contribution in [1.82, 2.24) is 4.90 Å². The van der Waals surface area contributed by atoms with Gasteiger partial charge in [-0.2, -0.15) is 0 Å². The highest BCUT2D eigenvalue weighted by molar-refractivity contribution is 5.82. The molecular formula is C15H20N2O3. The lowest BCUT2D eigenvalue weighted by atomic mass is 10.1. The first-order chi connectivity index (χ1) is 9.70. The molecule has 20 heavy (non-hydrogen) atoms. The van der Waals surface area contributed by atoms with Crippen LogP contribution in [0.2, 0.25) is 0 Å². The summed E-state index contributed by atoms with van der Waals surface area (Å²) < 4.78 is 11.3. The molecule has 2 aliphatic rings. The topological polar surface area (TPSA) is 64.8 Å². The molecule has 1 aliphatic heterocycles. The molecular weight excluding hydrogens is 256 g/mol. The number of nitrogens with two attached hydrogens (primary N) is 1. The fourth-order valence-electron chi connectivity index (χ4n) is 2.68. The van der Waals surface area contributed by atoms with Gasteiger partial charge in [-0.25, -0.2) is 0 Å². The zero-order valence-corrected chi connectivity index (χ0v) is 11.6. The fraction of sp³-hybridized carbons (Fsp3) is 0.533. The standard InChI is InChI=1S/C15H20N2O3/c1-17(11(8-16)10-6-7-10)15(18)14-9-19-12-4-2-3-5-13(12)20-14/h2-5,10-11,14H,6-9,16H2,1H3. The predicted octanol–water partition coefficient (Wildman–Crippen LogP) is 1.02. The summed E-state index contributed by atoms with van der Waals surface area (Å²) in [6.07, 6.45) is 1.73. The maximum Gasteiger partial charge on any atom is 0.267 e. The Balaban J connectivity index is 1.69. The number of carbonyl (C=O) groups excluding carboxylic acids is 1. The Kier molecular flexibility index (Phi) is 3.53. The monoisotopic (exact) mass is 276 g/mol. The van der Waals surface area contributed by atoms with Gasteiger partial charge in [0.2, 0.25) is 6.10 Å². The normalized spacial score (nSPS) is 22.2. The summed E-state index contributed by atoms with van der Waals surface area (Å²) in [6.45, 7) is 0.749. The van der Waals surface area contributed by atoms with E-state index in [0.29, 0.717) is 24.0 Å². The molecule has 1 fully saturated rings. The van der Waals surface area contributed by atoms with E-state index in [0.717, 1.165) is 12.8 Å². The second-order valence-electron chi connectivity index (χ2n) is 5.45. The molecule has 0 saturated heterocycles. The fourth-order valence-corrected chi connectivity index (χ4v) is 2.68. The first-order valence-electron chi connectivity index (χ1n) is 7.06. The highest BCUT2D eigenvalue weighted by atomic mass is 16.6. The number of fused-ring (bicyclic) bond motifs is 1. The minimum absolute atomic E-state index is 0.0538. The number of rotatable bonds is 4. The number of likely N-dealkylation sites (N-methyl/N-ethyl adjacent to an activating group) is 1. The van der Waals surface area contributed by atoms with E-state index in [4.69, 9.17) is 15.2 Å². The van der Waals surface area contributed by atoms with Crippen LogP contribution in [0.1, 0.15) is 12.8 Å². The zero-order chi connectivity index (χ0) is 14.1. The summed E-state index contributed by atoms with van der Waals surface area (Å²) in [5.41, 5.74) is 5.79. The quantitative estimate of drug-likeness (QED) is 0.892. The van der Waals surface area contributed by atoms with Crippen molar-refractivity contribution in [3.8, 4) is 11.5 Å². The largest absolute Gasteiger partial charge is 0.485 e. The summed E-state index contributed by atoms with van der Waals surface area (Å²) in [7, 11) is 1.81. The van der Waals surface area contributed by atoms with Crippen LogP contribution < -0.4 is 15.2 Å². The van der Waals surface area contributed by atoms with Crippen LogP contribution in [0.4, 0.5) is 0 Å². The van der Waals surface area contributed by atoms with Gasteiger partial charge in [-0.05, 0) is 30.9 Å². The minimum atomic E-state index is -0.581. The summed E-state index contributed by atoms with van der Waals surface area (Å²) in [5, 5.41) is 0. The average Bonchev–Trinajstić information content (AvgIpc) is 3.31. The van der Waals surface area contributed by atoms with Crippen LogP contribution >= 0.6 is 0 Å². The third kappa shape index (κ3) is 2.45. The number of benzene rings is 1. The molecule has 5 heteroatoms. The van der Waals surface area contributed by atoms with Crippen molar-refractivity contribution in [2.45, 2.75) is 25.0 Å². The summed E-state index contributed by atoms with van der Waals surface area (Å²) in [6, 6.07) is 7.52. The van der Waals surface area contributed by atoms with Gasteiger partial charge in [0.25, 0.3) is 5.91 Å². The van der Waals surface area contributed by atoms with Crippen LogP contribution in [0, 0.1) is 5.92 Å². The number of amides is 1. The van der Waals surface area contributed by atoms with E-state index in [1.165, 1.54) is 0 Å². The molecule has 0 bridgehead atoms. The van der Waals surface area contributed by atoms with Gasteiger partial charge in [-0.1, -0.05) is 12.1 Å². The van der Waals surface area contributed by atoms with E-state index < -0.39 is 6.10 Å². The molecule has 0 aromatic heterocycles. The van der Waals surface area contributed by atoms with Crippen LogP contribution in [0.3, 0.4) is 0 Å². The summed E-state index contributed by atoms with van der Waals surface area (Å²) in [4.78, 5) is 14.2. The van der Waals surface area contributed by atoms with Crippen molar-refractivity contribution in [2.24, 2.45) is 11.7 Å². The van der Waals surface area contributed by atoms with Gasteiger partial charge in [0.15, 0.2) is 11.5 Å². The molecule has 1 amide bonds. The third-order valence-electron chi connectivity index (χ3n) is 4.04. The number of ether oxygens (including phenoxy) is 2. The molecule has 0 spiro atoms. The van der Waals surface area contributed by atoms with Gasteiger partial charge in [-0.15, -0.1) is 0 Å². The van der Waals surface area contributed by atoms with E-state index in [2.05, 4.69) is 0 Å². The molecule has 0 radical (unpaired) electrons. The average molecular weight is 276 g/mol. The number of para-hydroxylation sites is 2. The van der Waals surface area contributed by atoms with Crippen LogP contribution in [-0.4, -0.2) is 43.2 Å². The van der Waals surface area contributed by atoms with Gasteiger partial charge < -0.3 is 20.1 Å². The van der Waals surface area contributed by atoms with E-state index in [1.807, 2.05) is 31.3 Å². The first-order valence-corrected chi connectivity index (χ1v) is 7.06. The van der Waals surface area contributed by atoms with Crippen LogP contribution in [0.25, 0.3) is 0 Å². The first kappa shape index (κ1) is 13.2. The highest BCUT2D eigenvalue weighted by Gasteiger charge is 2.38. The SMILES string of the molecule is CN(C(=O)C1COc2ccccc2O1)C(CN)C1CC1. The molecule has 1 aromatic carbocycles. The lowest BCUT2D eigenvalue weighted by molar-refractivity contribution is -0.142. The zero-order valence-electron chi connectivity index (χ0n) is 11.6. The van der Waals surface area contributed by atoms with Gasteiger partial charge >= 0.3 is 0 Å². The number of hydrogen-bond acceptors (Lipinski definition) is 4. The number of carbonyl (C=O) groups is 1. The molecule has 2 atom stereocenters. The van der Waals surface area contributed by atoms with Gasteiger partial charge in [-0.3, -0.25) is 4.79 Å². The Hall–Kier alpha value is -1.75. The van der Waals surface area contributed by atoms with Crippen LogP contribution in [-0.2, 0) is 4.79 Å². The maximum absolute atomic E-state index is 12.5. The van der Waals surface area contributed by atoms with Gasteiger partial charge in [0, 0.05) is 19.6 Å². The lowest BCUT2D eigenvalue weighted by Crippen LogP contribution is -2.51. The molecule has 2 N–H and O–H groups in total. The Labute approximate surface area is 118 Å². The molecule has 1 saturated carbocycles. The van der Waals surface area contributed by atoms with E-state index >= 15 is 0 Å².